The van der Waals surface area contributed by atoms with Gasteiger partial charge in [0.15, 0.2) is 0 Å². The Labute approximate surface area is 214 Å². The molecular weight excluding hydrogens is 500 g/mol. The van der Waals surface area contributed by atoms with Gasteiger partial charge >= 0.3 is 0 Å². The third-order valence-electron chi connectivity index (χ3n) is 5.25. The van der Waals surface area contributed by atoms with Crippen molar-refractivity contribution in [2.24, 2.45) is 20.2 Å². The van der Waals surface area contributed by atoms with Crippen LogP contribution in [0.15, 0.2) is 104 Å². The molecule has 1 aliphatic rings. The average Bonchev–Trinajstić information content (AvgIpc) is 3.30. The molecule has 11 heteroatoms. The molecule has 0 radical (unpaired) electrons. The van der Waals surface area contributed by atoms with Crippen LogP contribution in [-0.4, -0.2) is 43.5 Å². The Hall–Kier alpha value is -4.02. The Balaban J connectivity index is 1.83. The quantitative estimate of drug-likeness (QED) is 0.401. The van der Waals surface area contributed by atoms with E-state index in [2.05, 4.69) is 14.7 Å². The summed E-state index contributed by atoms with van der Waals surface area (Å²) in [5, 5.41) is 8.98. The highest BCUT2D eigenvalue weighted by molar-refractivity contribution is 7.90. The van der Waals surface area contributed by atoms with Gasteiger partial charge < -0.3 is 5.73 Å². The van der Waals surface area contributed by atoms with Crippen molar-refractivity contribution < 1.29 is 13.2 Å². The van der Waals surface area contributed by atoms with E-state index in [0.717, 1.165) is 11.1 Å². The summed E-state index contributed by atoms with van der Waals surface area (Å²) in [6.45, 7) is 1.50. The van der Waals surface area contributed by atoms with Crippen molar-refractivity contribution in [2.45, 2.75) is 17.7 Å². The van der Waals surface area contributed by atoms with Crippen molar-refractivity contribution in [1.29, 1.82) is 0 Å². The first-order chi connectivity index (χ1) is 17.2. The monoisotopic (exact) mass is 522 g/mol. The summed E-state index contributed by atoms with van der Waals surface area (Å²) in [7, 11) is -4.16. The highest BCUT2D eigenvalue weighted by Gasteiger charge is 2.32. The van der Waals surface area contributed by atoms with Crippen LogP contribution in [-0.2, 0) is 14.8 Å². The summed E-state index contributed by atoms with van der Waals surface area (Å²) in [6, 6.07) is 24.6. The molecule has 3 N–H and O–H groups in total. The van der Waals surface area contributed by atoms with Gasteiger partial charge in [0.2, 0.25) is 11.9 Å². The van der Waals surface area contributed by atoms with Gasteiger partial charge in [-0.1, -0.05) is 72.3 Å². The zero-order chi connectivity index (χ0) is 25.7. The lowest BCUT2D eigenvalue weighted by Gasteiger charge is -2.16. The maximum absolute atomic E-state index is 13.1. The Morgan fingerprint density at radius 3 is 2.25 bits per heavy atom. The van der Waals surface area contributed by atoms with E-state index in [9.17, 15) is 13.2 Å². The highest BCUT2D eigenvalue weighted by atomic mass is 35.5. The fourth-order valence-corrected chi connectivity index (χ4v) is 4.73. The normalized spacial score (nSPS) is 16.6. The van der Waals surface area contributed by atoms with Crippen LogP contribution >= 0.6 is 11.6 Å². The first kappa shape index (κ1) is 25.1. The maximum atomic E-state index is 13.1. The third-order valence-corrected chi connectivity index (χ3v) is 6.78. The molecule has 1 amide bonds. The van der Waals surface area contributed by atoms with E-state index in [0.29, 0.717) is 10.7 Å². The number of sulfonamides is 1. The van der Waals surface area contributed by atoms with Gasteiger partial charge in [-0.15, -0.1) is 4.40 Å². The molecule has 0 aliphatic carbocycles. The Kier molecular flexibility index (Phi) is 7.47. The molecule has 1 atom stereocenters. The van der Waals surface area contributed by atoms with E-state index < -0.39 is 15.9 Å². The van der Waals surface area contributed by atoms with Crippen LogP contribution in [0.1, 0.15) is 24.0 Å². The molecule has 4 rings (SSSR count). The van der Waals surface area contributed by atoms with Crippen LogP contribution in [0.4, 0.5) is 0 Å². The van der Waals surface area contributed by atoms with Crippen LogP contribution in [0.25, 0.3) is 0 Å². The Morgan fingerprint density at radius 2 is 1.64 bits per heavy atom. The summed E-state index contributed by atoms with van der Waals surface area (Å²) in [6.07, 6.45) is 0. The van der Waals surface area contributed by atoms with Gasteiger partial charge in [0.1, 0.15) is 0 Å². The average molecular weight is 523 g/mol. The minimum Gasteiger partial charge on any atom is -0.369 e. The van der Waals surface area contributed by atoms with E-state index >= 15 is 0 Å². The highest BCUT2D eigenvalue weighted by Crippen LogP contribution is 2.30. The Bertz CT molecular complexity index is 1440. The van der Waals surface area contributed by atoms with E-state index in [1.165, 1.54) is 24.1 Å². The molecule has 184 valence electrons. The summed E-state index contributed by atoms with van der Waals surface area (Å²) in [4.78, 5) is 15.6. The number of aliphatic imine (C=N–C) groups is 1. The molecule has 0 fully saturated rings. The maximum Gasteiger partial charge on any atom is 0.285 e. The number of nitrogens with two attached hydrogens (primary N) is 1. The van der Waals surface area contributed by atoms with E-state index in [1.54, 1.807) is 30.3 Å². The molecule has 3 aromatic rings. The van der Waals surface area contributed by atoms with Crippen LogP contribution in [0, 0.1) is 0 Å². The van der Waals surface area contributed by atoms with Gasteiger partial charge in [0.25, 0.3) is 16.0 Å². The SMILES string of the molecule is CC(=O)N/C(N)=N/C(=N/S(=O)(=O)c1ccccc1)N1CC(c2ccccc2)C(c2ccc(Cl)cc2)=N1. The van der Waals surface area contributed by atoms with Crippen molar-refractivity contribution in [2.75, 3.05) is 6.54 Å². The minimum absolute atomic E-state index is 0.0171. The third kappa shape index (κ3) is 5.96. The molecule has 3 aromatic carbocycles. The van der Waals surface area contributed by atoms with Gasteiger partial charge in [-0.25, -0.2) is 5.01 Å². The molecule has 1 aliphatic heterocycles. The van der Waals surface area contributed by atoms with E-state index in [4.69, 9.17) is 22.4 Å². The first-order valence-corrected chi connectivity index (χ1v) is 12.7. The molecule has 36 heavy (non-hydrogen) atoms. The number of hydrazone groups is 1. The topological polar surface area (TPSA) is 130 Å². The van der Waals surface area contributed by atoms with Gasteiger partial charge in [-0.2, -0.15) is 18.5 Å². The minimum atomic E-state index is -4.16. The number of rotatable bonds is 4. The molecule has 0 aromatic heterocycles. The zero-order valence-electron chi connectivity index (χ0n) is 19.2. The van der Waals surface area contributed by atoms with Gasteiger partial charge in [0, 0.05) is 17.9 Å². The fourth-order valence-electron chi connectivity index (χ4n) is 3.65. The Morgan fingerprint density at radius 1 is 1.03 bits per heavy atom. The summed E-state index contributed by atoms with van der Waals surface area (Å²) >= 11 is 6.08. The van der Waals surface area contributed by atoms with Crippen LogP contribution < -0.4 is 11.1 Å². The molecule has 9 nitrogen and oxygen atoms in total. The lowest BCUT2D eigenvalue weighted by molar-refractivity contribution is -0.117. The molecule has 0 saturated carbocycles. The molecule has 1 unspecified atom stereocenters. The van der Waals surface area contributed by atoms with Crippen molar-refractivity contribution in [3.8, 4) is 0 Å². The van der Waals surface area contributed by atoms with Gasteiger partial charge in [-0.05, 0) is 35.4 Å². The van der Waals surface area contributed by atoms with Crippen molar-refractivity contribution in [3.05, 3.63) is 101 Å². The predicted octanol–water partition coefficient (Wildman–Crippen LogP) is 3.34. The standard InChI is InChI=1S/C25H23ClN6O3S/c1-17(33)28-24(27)29-25(31-36(34,35)21-10-6-3-7-11-21)32-16-22(18-8-4-2-5-9-18)23(30-32)19-12-14-20(26)15-13-19/h2-15,22H,16H2,1H3,(H3,27,28,29,31,33). The zero-order valence-corrected chi connectivity index (χ0v) is 20.8. The van der Waals surface area contributed by atoms with Crippen LogP contribution in [0.5, 0.6) is 0 Å². The fraction of sp³-hybridized carbons (Fsp3) is 0.120. The largest absolute Gasteiger partial charge is 0.369 e. The molecule has 0 bridgehead atoms. The number of amides is 1. The van der Waals surface area contributed by atoms with E-state index in [1.807, 2.05) is 42.5 Å². The summed E-state index contributed by atoms with van der Waals surface area (Å²) in [5.74, 6) is -1.28. The lowest BCUT2D eigenvalue weighted by atomic mass is 9.91. The molecule has 0 saturated heterocycles. The van der Waals surface area contributed by atoms with Gasteiger partial charge in [0.05, 0.1) is 17.2 Å². The van der Waals surface area contributed by atoms with Crippen LogP contribution in [0.2, 0.25) is 5.02 Å². The second kappa shape index (κ2) is 10.7. The number of benzene rings is 3. The number of carbonyl (C=O) groups excluding carboxylic acids is 1. The second-order valence-corrected chi connectivity index (χ2v) is 9.94. The smallest absolute Gasteiger partial charge is 0.285 e. The number of nitrogens with zero attached hydrogens (tertiary/aromatic N) is 4. The van der Waals surface area contributed by atoms with Crippen molar-refractivity contribution in [1.82, 2.24) is 10.3 Å². The first-order valence-electron chi connectivity index (χ1n) is 10.9. The number of hydrogen-bond donors (Lipinski definition) is 2. The van der Waals surface area contributed by atoms with Gasteiger partial charge in [-0.3, -0.25) is 10.1 Å². The van der Waals surface area contributed by atoms with Crippen molar-refractivity contribution in [3.63, 3.8) is 0 Å². The molecule has 0 spiro atoms. The lowest BCUT2D eigenvalue weighted by Crippen LogP contribution is -2.37. The molecular formula is C25H23ClN6O3S. The summed E-state index contributed by atoms with van der Waals surface area (Å²) < 4.78 is 30.1. The summed E-state index contributed by atoms with van der Waals surface area (Å²) in [5.41, 5.74) is 8.31. The number of carbonyl (C=O) groups is 1. The number of halogens is 1. The molecule has 1 heterocycles. The second-order valence-electron chi connectivity index (χ2n) is 7.90. The predicted molar refractivity (Wildman–Crippen MR) is 140 cm³/mol. The number of hydrogen-bond acceptors (Lipinski definition) is 4. The van der Waals surface area contributed by atoms with Crippen LogP contribution in [0.3, 0.4) is 0 Å². The van der Waals surface area contributed by atoms with E-state index in [-0.39, 0.29) is 29.3 Å². The van der Waals surface area contributed by atoms with Crippen molar-refractivity contribution >= 4 is 45.2 Å². The number of guanidine groups is 2. The number of nitrogens with one attached hydrogen (secondary N) is 1.